The Bertz CT molecular complexity index is 617. The molecule has 2 aromatic rings. The second-order valence-electron chi connectivity index (χ2n) is 4.02. The van der Waals surface area contributed by atoms with Crippen LogP contribution in [0.2, 0.25) is 0 Å². The Hall–Kier alpha value is -1.68. The molecule has 98 valence electrons. The van der Waals surface area contributed by atoms with E-state index in [-0.39, 0.29) is 5.97 Å². The molecule has 19 heavy (non-hydrogen) atoms. The van der Waals surface area contributed by atoms with Crippen LogP contribution >= 0.6 is 15.9 Å². The van der Waals surface area contributed by atoms with Gasteiger partial charge in [0.25, 0.3) is 0 Å². The summed E-state index contributed by atoms with van der Waals surface area (Å²) < 4.78 is 0. The average Bonchev–Trinajstić information content (AvgIpc) is 2.47. The quantitative estimate of drug-likeness (QED) is 0.371. The van der Waals surface area contributed by atoms with Crippen molar-refractivity contribution in [2.24, 2.45) is 5.16 Å². The Labute approximate surface area is 120 Å². The predicted octanol–water partition coefficient (Wildman–Crippen LogP) is 3.89. The average molecular weight is 320 g/mol. The maximum absolute atomic E-state index is 11.2. The van der Waals surface area contributed by atoms with Crippen LogP contribution in [-0.4, -0.2) is 17.0 Å². The van der Waals surface area contributed by atoms with Crippen molar-refractivity contribution >= 4 is 38.4 Å². The van der Waals surface area contributed by atoms with E-state index in [0.29, 0.717) is 17.5 Å². The van der Waals surface area contributed by atoms with Crippen LogP contribution in [0.25, 0.3) is 10.8 Å². The lowest BCUT2D eigenvalue weighted by Crippen LogP contribution is -2.07. The number of hydrogen-bond donors (Lipinski definition) is 0. The van der Waals surface area contributed by atoms with E-state index in [4.69, 9.17) is 4.84 Å². The number of oxime groups is 1. The molecule has 2 aromatic carbocycles. The van der Waals surface area contributed by atoms with Gasteiger partial charge in [-0.05, 0) is 10.8 Å². The predicted molar refractivity (Wildman–Crippen MR) is 80.7 cm³/mol. The van der Waals surface area contributed by atoms with Gasteiger partial charge in [-0.3, -0.25) is 0 Å². The Kier molecular flexibility index (Phi) is 4.68. The molecule has 0 bridgehead atoms. The molecule has 0 saturated heterocycles. The monoisotopic (exact) mass is 319 g/mol. The van der Waals surface area contributed by atoms with Crippen LogP contribution in [-0.2, 0) is 9.63 Å². The van der Waals surface area contributed by atoms with Gasteiger partial charge in [-0.25, -0.2) is 4.79 Å². The number of rotatable bonds is 4. The number of alkyl halides is 1. The van der Waals surface area contributed by atoms with E-state index in [2.05, 4.69) is 21.1 Å². The highest BCUT2D eigenvalue weighted by Gasteiger charge is 2.08. The molecule has 0 aromatic heterocycles. The van der Waals surface area contributed by atoms with Crippen molar-refractivity contribution in [1.82, 2.24) is 0 Å². The fourth-order valence-electron chi connectivity index (χ4n) is 1.79. The van der Waals surface area contributed by atoms with Crippen molar-refractivity contribution < 1.29 is 9.63 Å². The van der Waals surface area contributed by atoms with Crippen LogP contribution < -0.4 is 0 Å². The van der Waals surface area contributed by atoms with Gasteiger partial charge in [-0.2, -0.15) is 0 Å². The minimum Gasteiger partial charge on any atom is -0.318 e. The largest absolute Gasteiger partial charge is 0.334 e. The standard InChI is InChI=1S/C15H14BrNO2/c1-2-15(18)19-17-14(10-16)13-9-5-7-11-6-3-4-8-12(11)13/h3-9H,2,10H2,1H3. The van der Waals surface area contributed by atoms with Crippen LogP contribution in [0, 0.1) is 0 Å². The summed E-state index contributed by atoms with van der Waals surface area (Å²) in [6, 6.07) is 14.0. The zero-order valence-electron chi connectivity index (χ0n) is 10.6. The molecule has 0 aliphatic rings. The second-order valence-corrected chi connectivity index (χ2v) is 4.58. The topological polar surface area (TPSA) is 38.7 Å². The van der Waals surface area contributed by atoms with Gasteiger partial charge < -0.3 is 4.84 Å². The molecule has 0 unspecified atom stereocenters. The number of hydrogen-bond acceptors (Lipinski definition) is 3. The van der Waals surface area contributed by atoms with E-state index in [1.165, 1.54) is 0 Å². The summed E-state index contributed by atoms with van der Waals surface area (Å²) in [6.07, 6.45) is 0.314. The molecular formula is C15H14BrNO2. The molecule has 4 heteroatoms. The van der Waals surface area contributed by atoms with E-state index >= 15 is 0 Å². The minimum atomic E-state index is -0.335. The molecule has 0 aliphatic carbocycles. The van der Waals surface area contributed by atoms with Gasteiger partial charge >= 0.3 is 5.97 Å². The highest BCUT2D eigenvalue weighted by molar-refractivity contribution is 9.09. The minimum absolute atomic E-state index is 0.314. The number of nitrogens with zero attached hydrogens (tertiary/aromatic N) is 1. The fraction of sp³-hybridized carbons (Fsp3) is 0.200. The normalized spacial score (nSPS) is 11.6. The third-order valence-electron chi connectivity index (χ3n) is 2.77. The molecule has 0 atom stereocenters. The zero-order chi connectivity index (χ0) is 13.7. The number of halogens is 1. The van der Waals surface area contributed by atoms with Gasteiger partial charge in [-0.15, -0.1) is 0 Å². The molecule has 0 radical (unpaired) electrons. The van der Waals surface area contributed by atoms with E-state index in [0.717, 1.165) is 16.3 Å². The fourth-order valence-corrected chi connectivity index (χ4v) is 2.20. The first-order valence-electron chi connectivity index (χ1n) is 6.07. The summed E-state index contributed by atoms with van der Waals surface area (Å²) in [5, 5.41) is 6.71. The first-order valence-corrected chi connectivity index (χ1v) is 7.19. The van der Waals surface area contributed by atoms with Gasteiger partial charge in [0.05, 0.1) is 5.71 Å². The summed E-state index contributed by atoms with van der Waals surface area (Å²) in [5.74, 6) is -0.335. The van der Waals surface area contributed by atoms with Crippen molar-refractivity contribution in [1.29, 1.82) is 0 Å². The molecule has 0 amide bonds. The van der Waals surface area contributed by atoms with Crippen molar-refractivity contribution in [3.05, 3.63) is 48.0 Å². The highest BCUT2D eigenvalue weighted by Crippen LogP contribution is 2.20. The second kappa shape index (κ2) is 6.48. The van der Waals surface area contributed by atoms with Crippen molar-refractivity contribution in [2.45, 2.75) is 13.3 Å². The highest BCUT2D eigenvalue weighted by atomic mass is 79.9. The Morgan fingerprint density at radius 3 is 2.68 bits per heavy atom. The third-order valence-corrected chi connectivity index (χ3v) is 3.30. The smallest absolute Gasteiger partial charge is 0.318 e. The maximum Gasteiger partial charge on any atom is 0.334 e. The lowest BCUT2D eigenvalue weighted by molar-refractivity contribution is -0.143. The first kappa shape index (κ1) is 13.7. The van der Waals surface area contributed by atoms with Crippen LogP contribution in [0.5, 0.6) is 0 Å². The molecule has 0 spiro atoms. The summed E-state index contributed by atoms with van der Waals surface area (Å²) in [4.78, 5) is 16.0. The Morgan fingerprint density at radius 1 is 1.21 bits per heavy atom. The summed E-state index contributed by atoms with van der Waals surface area (Å²) in [7, 11) is 0. The van der Waals surface area contributed by atoms with Gasteiger partial charge in [0, 0.05) is 17.3 Å². The molecule has 0 N–H and O–H groups in total. The van der Waals surface area contributed by atoms with E-state index in [1.807, 2.05) is 42.5 Å². The van der Waals surface area contributed by atoms with E-state index in [1.54, 1.807) is 6.92 Å². The first-order chi connectivity index (χ1) is 9.26. The molecule has 2 rings (SSSR count). The Morgan fingerprint density at radius 2 is 1.95 bits per heavy atom. The van der Waals surface area contributed by atoms with Crippen molar-refractivity contribution in [3.63, 3.8) is 0 Å². The maximum atomic E-state index is 11.2. The number of fused-ring (bicyclic) bond motifs is 1. The zero-order valence-corrected chi connectivity index (χ0v) is 12.2. The molecule has 0 aliphatic heterocycles. The Balaban J connectivity index is 2.43. The molecular weight excluding hydrogens is 306 g/mol. The van der Waals surface area contributed by atoms with E-state index in [9.17, 15) is 4.79 Å². The van der Waals surface area contributed by atoms with E-state index < -0.39 is 0 Å². The molecule has 0 saturated carbocycles. The molecule has 0 fully saturated rings. The lowest BCUT2D eigenvalue weighted by Gasteiger charge is -2.07. The van der Waals surface area contributed by atoms with Crippen LogP contribution in [0.1, 0.15) is 18.9 Å². The summed E-state index contributed by atoms with van der Waals surface area (Å²) in [5.41, 5.74) is 1.68. The van der Waals surface area contributed by atoms with Crippen LogP contribution in [0.4, 0.5) is 0 Å². The lowest BCUT2D eigenvalue weighted by atomic mass is 10.0. The number of carbonyl (C=O) groups excluding carboxylic acids is 1. The summed E-state index contributed by atoms with van der Waals surface area (Å²) in [6.45, 7) is 1.74. The molecule has 0 heterocycles. The molecule has 3 nitrogen and oxygen atoms in total. The van der Waals surface area contributed by atoms with Gasteiger partial charge in [0.2, 0.25) is 0 Å². The van der Waals surface area contributed by atoms with Crippen LogP contribution in [0.15, 0.2) is 47.6 Å². The van der Waals surface area contributed by atoms with Crippen molar-refractivity contribution in [2.75, 3.05) is 5.33 Å². The van der Waals surface area contributed by atoms with Gasteiger partial charge in [0.15, 0.2) is 0 Å². The SMILES string of the molecule is CCC(=O)ON=C(CBr)c1cccc2ccccc12. The number of carbonyl (C=O) groups is 1. The van der Waals surface area contributed by atoms with Gasteiger partial charge in [-0.1, -0.05) is 70.5 Å². The number of benzene rings is 2. The van der Waals surface area contributed by atoms with Crippen molar-refractivity contribution in [3.8, 4) is 0 Å². The third kappa shape index (κ3) is 3.20. The summed E-state index contributed by atoms with van der Waals surface area (Å²) >= 11 is 3.39. The van der Waals surface area contributed by atoms with Gasteiger partial charge in [0.1, 0.15) is 0 Å². The van der Waals surface area contributed by atoms with Crippen LogP contribution in [0.3, 0.4) is 0 Å².